The van der Waals surface area contributed by atoms with Crippen LogP contribution < -0.4 is 4.74 Å². The van der Waals surface area contributed by atoms with Crippen LogP contribution in [-0.2, 0) is 0 Å². The summed E-state index contributed by atoms with van der Waals surface area (Å²) in [6.07, 6.45) is 0. The van der Waals surface area contributed by atoms with Crippen molar-refractivity contribution in [1.29, 1.82) is 0 Å². The summed E-state index contributed by atoms with van der Waals surface area (Å²) in [6, 6.07) is 2.79. The standard InChI is InChI=1S/C8H8FNO2/c1-5(11)6-3-4-7(12-2)10-8(6)9/h3-4H,1-2H3. The van der Waals surface area contributed by atoms with Crippen LogP contribution in [0.25, 0.3) is 0 Å². The summed E-state index contributed by atoms with van der Waals surface area (Å²) in [5, 5.41) is 0. The molecule has 4 heteroatoms. The summed E-state index contributed by atoms with van der Waals surface area (Å²) < 4.78 is 17.5. The second-order valence-electron chi connectivity index (χ2n) is 2.25. The Kier molecular flexibility index (Phi) is 2.38. The van der Waals surface area contributed by atoms with Gasteiger partial charge in [0.2, 0.25) is 11.8 Å². The Morgan fingerprint density at radius 3 is 2.67 bits per heavy atom. The molecule has 0 spiro atoms. The van der Waals surface area contributed by atoms with E-state index in [2.05, 4.69) is 9.72 Å². The maximum Gasteiger partial charge on any atom is 0.226 e. The Morgan fingerprint density at radius 1 is 1.58 bits per heavy atom. The molecule has 12 heavy (non-hydrogen) atoms. The zero-order chi connectivity index (χ0) is 9.14. The summed E-state index contributed by atoms with van der Waals surface area (Å²) in [5.41, 5.74) is -0.0178. The van der Waals surface area contributed by atoms with E-state index in [1.807, 2.05) is 0 Å². The third kappa shape index (κ3) is 1.58. The quantitative estimate of drug-likeness (QED) is 0.496. The van der Waals surface area contributed by atoms with Crippen LogP contribution in [-0.4, -0.2) is 17.9 Å². The average molecular weight is 169 g/mol. The Morgan fingerprint density at radius 2 is 2.25 bits per heavy atom. The monoisotopic (exact) mass is 169 g/mol. The van der Waals surface area contributed by atoms with Crippen molar-refractivity contribution in [3.8, 4) is 5.88 Å². The van der Waals surface area contributed by atoms with Gasteiger partial charge in [0.15, 0.2) is 5.78 Å². The zero-order valence-corrected chi connectivity index (χ0v) is 6.80. The van der Waals surface area contributed by atoms with E-state index in [0.29, 0.717) is 0 Å². The van der Waals surface area contributed by atoms with Gasteiger partial charge in [-0.05, 0) is 13.0 Å². The fraction of sp³-hybridized carbons (Fsp3) is 0.250. The molecule has 64 valence electrons. The first kappa shape index (κ1) is 8.64. The lowest BCUT2D eigenvalue weighted by Gasteiger charge is -2.00. The van der Waals surface area contributed by atoms with E-state index in [-0.39, 0.29) is 17.2 Å². The number of rotatable bonds is 2. The maximum atomic E-state index is 12.9. The smallest absolute Gasteiger partial charge is 0.226 e. The van der Waals surface area contributed by atoms with E-state index in [1.54, 1.807) is 0 Å². The van der Waals surface area contributed by atoms with E-state index in [9.17, 15) is 9.18 Å². The Hall–Kier alpha value is -1.45. The fourth-order valence-corrected chi connectivity index (χ4v) is 0.794. The number of halogens is 1. The molecule has 1 aromatic rings. The average Bonchev–Trinajstić information content (AvgIpc) is 2.03. The first-order chi connectivity index (χ1) is 5.65. The number of aromatic nitrogens is 1. The minimum absolute atomic E-state index is 0.0178. The Bertz CT molecular complexity index is 312. The number of carbonyl (C=O) groups excluding carboxylic acids is 1. The zero-order valence-electron chi connectivity index (χ0n) is 6.80. The number of hydrogen-bond acceptors (Lipinski definition) is 3. The minimum Gasteiger partial charge on any atom is -0.481 e. The van der Waals surface area contributed by atoms with Gasteiger partial charge >= 0.3 is 0 Å². The molecule has 0 amide bonds. The molecule has 0 aliphatic rings. The summed E-state index contributed by atoms with van der Waals surface area (Å²) in [6.45, 7) is 1.28. The van der Waals surface area contributed by atoms with Gasteiger partial charge in [0.05, 0.1) is 12.7 Å². The molecule has 0 saturated carbocycles. The molecule has 0 radical (unpaired) electrons. The van der Waals surface area contributed by atoms with Crippen LogP contribution in [0.5, 0.6) is 5.88 Å². The third-order valence-corrected chi connectivity index (χ3v) is 1.41. The summed E-state index contributed by atoms with van der Waals surface area (Å²) >= 11 is 0. The van der Waals surface area contributed by atoms with Crippen molar-refractivity contribution < 1.29 is 13.9 Å². The van der Waals surface area contributed by atoms with Crippen molar-refractivity contribution in [2.45, 2.75) is 6.92 Å². The number of methoxy groups -OCH3 is 1. The van der Waals surface area contributed by atoms with Gasteiger partial charge in [0.25, 0.3) is 0 Å². The highest BCUT2D eigenvalue weighted by Crippen LogP contribution is 2.11. The molecule has 0 fully saturated rings. The number of ketones is 1. The number of ether oxygens (including phenoxy) is 1. The van der Waals surface area contributed by atoms with Crippen molar-refractivity contribution in [3.05, 3.63) is 23.6 Å². The van der Waals surface area contributed by atoms with Crippen LogP contribution in [0, 0.1) is 5.95 Å². The molecule has 0 aromatic carbocycles. The first-order valence-electron chi connectivity index (χ1n) is 3.36. The van der Waals surface area contributed by atoms with Crippen molar-refractivity contribution in [3.63, 3.8) is 0 Å². The van der Waals surface area contributed by atoms with Crippen molar-refractivity contribution in [2.24, 2.45) is 0 Å². The van der Waals surface area contributed by atoms with Crippen LogP contribution in [0.3, 0.4) is 0 Å². The summed E-state index contributed by atoms with van der Waals surface area (Å²) in [4.78, 5) is 14.1. The van der Waals surface area contributed by atoms with Crippen LogP contribution >= 0.6 is 0 Å². The molecule has 0 saturated heterocycles. The normalized spacial score (nSPS) is 9.58. The van der Waals surface area contributed by atoms with Gasteiger partial charge in [0, 0.05) is 6.07 Å². The van der Waals surface area contributed by atoms with Gasteiger partial charge in [-0.3, -0.25) is 4.79 Å². The molecule has 3 nitrogen and oxygen atoms in total. The van der Waals surface area contributed by atoms with Gasteiger partial charge < -0.3 is 4.74 Å². The molecular formula is C8H8FNO2. The van der Waals surface area contributed by atoms with Crippen LogP contribution in [0.15, 0.2) is 12.1 Å². The topological polar surface area (TPSA) is 39.2 Å². The predicted octanol–water partition coefficient (Wildman–Crippen LogP) is 1.43. The van der Waals surface area contributed by atoms with E-state index in [4.69, 9.17) is 0 Å². The van der Waals surface area contributed by atoms with E-state index in [1.165, 1.54) is 26.2 Å². The lowest BCUT2D eigenvalue weighted by Crippen LogP contribution is -2.00. The van der Waals surface area contributed by atoms with Crippen molar-refractivity contribution in [2.75, 3.05) is 7.11 Å². The molecule has 0 N–H and O–H groups in total. The predicted molar refractivity (Wildman–Crippen MR) is 40.8 cm³/mol. The molecule has 0 bridgehead atoms. The molecule has 0 unspecified atom stereocenters. The number of carbonyl (C=O) groups is 1. The van der Waals surface area contributed by atoms with Crippen molar-refractivity contribution >= 4 is 5.78 Å². The van der Waals surface area contributed by atoms with Gasteiger partial charge in [-0.25, -0.2) is 0 Å². The minimum atomic E-state index is -0.790. The molecule has 1 heterocycles. The first-order valence-corrected chi connectivity index (χ1v) is 3.36. The lowest BCUT2D eigenvalue weighted by molar-refractivity contribution is 0.101. The highest BCUT2D eigenvalue weighted by molar-refractivity contribution is 5.93. The SMILES string of the molecule is COc1ccc(C(C)=O)c(F)n1. The van der Waals surface area contributed by atoms with Gasteiger partial charge in [-0.1, -0.05) is 0 Å². The van der Waals surface area contributed by atoms with Crippen LogP contribution in [0.1, 0.15) is 17.3 Å². The second kappa shape index (κ2) is 3.30. The second-order valence-corrected chi connectivity index (χ2v) is 2.25. The number of hydrogen-bond donors (Lipinski definition) is 0. The van der Waals surface area contributed by atoms with Gasteiger partial charge in [0.1, 0.15) is 0 Å². The highest BCUT2D eigenvalue weighted by Gasteiger charge is 2.08. The maximum absolute atomic E-state index is 12.9. The highest BCUT2D eigenvalue weighted by atomic mass is 19.1. The number of nitrogens with zero attached hydrogens (tertiary/aromatic N) is 1. The Labute approximate surface area is 69.2 Å². The largest absolute Gasteiger partial charge is 0.481 e. The third-order valence-electron chi connectivity index (χ3n) is 1.41. The van der Waals surface area contributed by atoms with Gasteiger partial charge in [-0.15, -0.1) is 0 Å². The number of pyridine rings is 1. The van der Waals surface area contributed by atoms with Crippen LogP contribution in [0.2, 0.25) is 0 Å². The lowest BCUT2D eigenvalue weighted by atomic mass is 10.2. The molecule has 1 aromatic heterocycles. The molecular weight excluding hydrogens is 161 g/mol. The molecule has 0 atom stereocenters. The van der Waals surface area contributed by atoms with Gasteiger partial charge in [-0.2, -0.15) is 9.37 Å². The summed E-state index contributed by atoms with van der Waals surface area (Å²) in [5.74, 6) is -0.970. The molecule has 0 aliphatic carbocycles. The van der Waals surface area contributed by atoms with Crippen LogP contribution in [0.4, 0.5) is 4.39 Å². The van der Waals surface area contributed by atoms with E-state index < -0.39 is 5.95 Å². The molecule has 0 aliphatic heterocycles. The number of Topliss-reactive ketones (excluding diaryl/α,β-unsaturated/α-hetero) is 1. The van der Waals surface area contributed by atoms with E-state index in [0.717, 1.165) is 0 Å². The molecule has 1 rings (SSSR count). The van der Waals surface area contributed by atoms with E-state index >= 15 is 0 Å². The van der Waals surface area contributed by atoms with Crippen molar-refractivity contribution in [1.82, 2.24) is 4.98 Å². The Balaban J connectivity index is 3.12. The fourth-order valence-electron chi connectivity index (χ4n) is 0.794. The summed E-state index contributed by atoms with van der Waals surface area (Å²) in [7, 11) is 1.38.